The van der Waals surface area contributed by atoms with Crippen LogP contribution in [0.1, 0.15) is 52.2 Å². The van der Waals surface area contributed by atoms with Crippen LogP contribution in [0.25, 0.3) is 0 Å². The standard InChI is InChI=1S/C25H31N5O4S/c1-18-4-7-22(16-23(18)29-25(32)27-12-3-13-28-35(2,33)34)24(31)30-14-10-21(11-15-30)20-8-5-19(17-26)6-9-20/h4-9,16,21,28H,3,10-15H2,1-2H3,(H2,27,29,32). The van der Waals surface area contributed by atoms with Crippen LogP contribution in [0.4, 0.5) is 10.5 Å². The quantitative estimate of drug-likeness (QED) is 0.483. The highest BCUT2D eigenvalue weighted by molar-refractivity contribution is 7.88. The Morgan fingerprint density at radius 3 is 2.40 bits per heavy atom. The molecule has 0 aromatic heterocycles. The molecule has 2 aromatic rings. The van der Waals surface area contributed by atoms with Crippen molar-refractivity contribution in [3.05, 3.63) is 64.7 Å². The van der Waals surface area contributed by atoms with Crippen LogP contribution in [-0.4, -0.2) is 57.7 Å². The number of hydrogen-bond donors (Lipinski definition) is 3. The first-order chi connectivity index (χ1) is 16.7. The van der Waals surface area contributed by atoms with Crippen molar-refractivity contribution in [2.24, 2.45) is 0 Å². The van der Waals surface area contributed by atoms with Crippen molar-refractivity contribution in [3.63, 3.8) is 0 Å². The van der Waals surface area contributed by atoms with Crippen molar-refractivity contribution < 1.29 is 18.0 Å². The molecule has 35 heavy (non-hydrogen) atoms. The lowest BCUT2D eigenvalue weighted by atomic mass is 9.89. The number of carbonyl (C=O) groups excluding carboxylic acids is 2. The van der Waals surface area contributed by atoms with Crippen molar-refractivity contribution in [2.75, 3.05) is 37.8 Å². The molecule has 0 atom stereocenters. The third-order valence-electron chi connectivity index (χ3n) is 6.03. The fourth-order valence-electron chi connectivity index (χ4n) is 4.03. The molecule has 2 aromatic carbocycles. The Kier molecular flexibility index (Phi) is 8.84. The van der Waals surface area contributed by atoms with E-state index in [-0.39, 0.29) is 12.5 Å². The number of sulfonamides is 1. The maximum Gasteiger partial charge on any atom is 0.319 e. The average Bonchev–Trinajstić information content (AvgIpc) is 2.84. The SMILES string of the molecule is Cc1ccc(C(=O)N2CCC(c3ccc(C#N)cc3)CC2)cc1NC(=O)NCCCNS(C)(=O)=O. The molecule has 186 valence electrons. The minimum absolute atomic E-state index is 0.0708. The van der Waals surface area contributed by atoms with Gasteiger partial charge in [0.05, 0.1) is 17.9 Å². The van der Waals surface area contributed by atoms with E-state index >= 15 is 0 Å². The van der Waals surface area contributed by atoms with Crippen LogP contribution in [0, 0.1) is 18.3 Å². The third-order valence-corrected chi connectivity index (χ3v) is 6.76. The fourth-order valence-corrected chi connectivity index (χ4v) is 4.55. The van der Waals surface area contributed by atoms with E-state index in [2.05, 4.69) is 21.4 Å². The Bertz CT molecular complexity index is 1200. The third kappa shape index (κ3) is 7.80. The molecule has 0 unspecified atom stereocenters. The van der Waals surface area contributed by atoms with Gasteiger partial charge in [0.1, 0.15) is 0 Å². The summed E-state index contributed by atoms with van der Waals surface area (Å²) in [6, 6.07) is 14.6. The van der Waals surface area contributed by atoms with Gasteiger partial charge in [-0.15, -0.1) is 0 Å². The van der Waals surface area contributed by atoms with Gasteiger partial charge in [-0.2, -0.15) is 5.26 Å². The molecule has 9 nitrogen and oxygen atoms in total. The first-order valence-electron chi connectivity index (χ1n) is 11.6. The number of aryl methyl sites for hydroxylation is 1. The summed E-state index contributed by atoms with van der Waals surface area (Å²) < 4.78 is 24.5. The summed E-state index contributed by atoms with van der Waals surface area (Å²) in [7, 11) is -3.25. The molecular weight excluding hydrogens is 466 g/mol. The molecule has 0 bridgehead atoms. The van der Waals surface area contributed by atoms with Crippen LogP contribution >= 0.6 is 0 Å². The molecule has 1 aliphatic rings. The first-order valence-corrected chi connectivity index (χ1v) is 13.4. The van der Waals surface area contributed by atoms with Gasteiger partial charge >= 0.3 is 6.03 Å². The van der Waals surface area contributed by atoms with Gasteiger partial charge < -0.3 is 15.5 Å². The molecule has 0 saturated carbocycles. The second kappa shape index (κ2) is 11.8. The Hall–Kier alpha value is -3.42. The van der Waals surface area contributed by atoms with Gasteiger partial charge in [-0.1, -0.05) is 18.2 Å². The number of anilines is 1. The molecule has 0 spiro atoms. The zero-order valence-corrected chi connectivity index (χ0v) is 20.8. The number of amides is 3. The number of carbonyl (C=O) groups is 2. The number of nitrogens with one attached hydrogen (secondary N) is 3. The van der Waals surface area contributed by atoms with E-state index in [0.717, 1.165) is 24.7 Å². The van der Waals surface area contributed by atoms with Crippen molar-refractivity contribution in [1.29, 1.82) is 5.26 Å². The molecule has 0 aliphatic carbocycles. The van der Waals surface area contributed by atoms with Crippen molar-refractivity contribution in [1.82, 2.24) is 14.9 Å². The highest BCUT2D eigenvalue weighted by Crippen LogP contribution is 2.29. The number of urea groups is 1. The summed E-state index contributed by atoms with van der Waals surface area (Å²) in [6.07, 6.45) is 3.24. The van der Waals surface area contributed by atoms with Crippen LogP contribution in [0.2, 0.25) is 0 Å². The zero-order chi connectivity index (χ0) is 25.4. The Labute approximate surface area is 206 Å². The van der Waals surface area contributed by atoms with E-state index in [4.69, 9.17) is 5.26 Å². The molecule has 1 aliphatic heterocycles. The van der Waals surface area contributed by atoms with Gasteiger partial charge in [0.25, 0.3) is 5.91 Å². The number of nitriles is 1. The van der Waals surface area contributed by atoms with E-state index in [9.17, 15) is 18.0 Å². The van der Waals surface area contributed by atoms with Gasteiger partial charge in [-0.25, -0.2) is 17.9 Å². The largest absolute Gasteiger partial charge is 0.339 e. The molecule has 10 heteroatoms. The molecule has 3 amide bonds. The second-order valence-corrected chi connectivity index (χ2v) is 10.6. The van der Waals surface area contributed by atoms with Gasteiger partial charge in [0.2, 0.25) is 10.0 Å². The maximum atomic E-state index is 13.1. The predicted molar refractivity (Wildman–Crippen MR) is 135 cm³/mol. The molecular formula is C25H31N5O4S. The normalized spacial score (nSPS) is 14.3. The summed E-state index contributed by atoms with van der Waals surface area (Å²) >= 11 is 0. The average molecular weight is 498 g/mol. The van der Waals surface area contributed by atoms with E-state index < -0.39 is 16.1 Å². The topological polar surface area (TPSA) is 131 Å². The van der Waals surface area contributed by atoms with Crippen LogP contribution < -0.4 is 15.4 Å². The summed E-state index contributed by atoms with van der Waals surface area (Å²) in [4.78, 5) is 27.2. The summed E-state index contributed by atoms with van der Waals surface area (Å²) in [5.41, 5.74) is 3.73. The molecule has 0 radical (unpaired) electrons. The Balaban J connectivity index is 1.52. The highest BCUT2D eigenvalue weighted by atomic mass is 32.2. The monoisotopic (exact) mass is 497 g/mol. The number of piperidine rings is 1. The van der Waals surface area contributed by atoms with Gasteiger partial charge in [-0.3, -0.25) is 4.79 Å². The molecule has 1 fully saturated rings. The lowest BCUT2D eigenvalue weighted by Crippen LogP contribution is -2.38. The number of likely N-dealkylation sites (tertiary alicyclic amines) is 1. The first kappa shape index (κ1) is 26.2. The minimum Gasteiger partial charge on any atom is -0.339 e. The van der Waals surface area contributed by atoms with Gasteiger partial charge in [0, 0.05) is 37.4 Å². The minimum atomic E-state index is -3.25. The Morgan fingerprint density at radius 1 is 1.09 bits per heavy atom. The van der Waals surface area contributed by atoms with Crippen LogP contribution in [0.15, 0.2) is 42.5 Å². The van der Waals surface area contributed by atoms with Crippen molar-refractivity contribution in [2.45, 2.75) is 32.1 Å². The lowest BCUT2D eigenvalue weighted by molar-refractivity contribution is 0.0713. The number of rotatable bonds is 8. The maximum absolute atomic E-state index is 13.1. The van der Waals surface area contributed by atoms with Crippen LogP contribution in [0.3, 0.4) is 0 Å². The molecule has 3 N–H and O–H groups in total. The molecule has 1 saturated heterocycles. The van der Waals surface area contributed by atoms with Crippen LogP contribution in [-0.2, 0) is 10.0 Å². The smallest absolute Gasteiger partial charge is 0.319 e. The van der Waals surface area contributed by atoms with Gasteiger partial charge in [-0.05, 0) is 67.5 Å². The summed E-state index contributed by atoms with van der Waals surface area (Å²) in [5, 5.41) is 14.4. The van der Waals surface area contributed by atoms with Crippen molar-refractivity contribution in [3.8, 4) is 6.07 Å². The number of benzene rings is 2. The van der Waals surface area contributed by atoms with Crippen LogP contribution in [0.5, 0.6) is 0 Å². The highest BCUT2D eigenvalue weighted by Gasteiger charge is 2.25. The van der Waals surface area contributed by atoms with E-state index in [1.807, 2.05) is 42.2 Å². The lowest BCUT2D eigenvalue weighted by Gasteiger charge is -2.32. The zero-order valence-electron chi connectivity index (χ0n) is 20.0. The number of nitrogens with zero attached hydrogens (tertiary/aromatic N) is 2. The predicted octanol–water partition coefficient (Wildman–Crippen LogP) is 2.95. The van der Waals surface area contributed by atoms with E-state index in [1.54, 1.807) is 12.1 Å². The van der Waals surface area contributed by atoms with Gasteiger partial charge in [0.15, 0.2) is 0 Å². The van der Waals surface area contributed by atoms with E-state index in [0.29, 0.717) is 48.8 Å². The van der Waals surface area contributed by atoms with Crippen molar-refractivity contribution >= 4 is 27.6 Å². The summed E-state index contributed by atoms with van der Waals surface area (Å²) in [6.45, 7) is 3.68. The Morgan fingerprint density at radius 2 is 1.77 bits per heavy atom. The fraction of sp³-hybridized carbons (Fsp3) is 0.400. The second-order valence-electron chi connectivity index (χ2n) is 8.73. The van der Waals surface area contributed by atoms with E-state index in [1.165, 1.54) is 5.56 Å². The molecule has 1 heterocycles. The summed E-state index contributed by atoms with van der Waals surface area (Å²) in [5.74, 6) is 0.289. The number of hydrogen-bond acceptors (Lipinski definition) is 5. The molecule has 3 rings (SSSR count).